The number of halogens is 4. The molecule has 0 saturated carbocycles. The molecular formula is C16H16Br4N2Pt-3. The van der Waals surface area contributed by atoms with E-state index >= 15 is 0 Å². The molecule has 0 aromatic heterocycles. The standard InChI is InChI=1S/C14H12N2.C2H4Br.3BrH.Pt/c1-9-3-5-11-7-8-12-6-4-10(2)16-14(12)13(11)15-9;1-2-3;;;;/h3-8H,1-2H3;1-2H2;3*1H;/q-2;-1;;;;+3/p-3. The minimum atomic E-state index is -0.831. The number of alkyl halides is 1. The number of rotatable bonds is 0. The summed E-state index contributed by atoms with van der Waals surface area (Å²) in [5.41, 5.74) is 4.06. The second-order valence-corrected chi connectivity index (χ2v) is 35.0. The van der Waals surface area contributed by atoms with Crippen LogP contribution in [-0.2, 0) is 11.1 Å². The molecule has 0 N–H and O–H groups in total. The number of hydrogen-bond donors (Lipinski definition) is 0. The zero-order valence-corrected chi connectivity index (χ0v) is 21.2. The first kappa shape index (κ1) is 21.7. The first-order valence-electron chi connectivity index (χ1n) is 6.50. The van der Waals surface area contributed by atoms with Gasteiger partial charge in [-0.3, -0.25) is 0 Å². The molecule has 7 heteroatoms. The summed E-state index contributed by atoms with van der Waals surface area (Å²) in [6.07, 6.45) is 8.26. The normalized spacial score (nSPS) is 14.1. The number of hydrogen-bond acceptors (Lipinski definition) is 0. The van der Waals surface area contributed by atoms with Crippen molar-refractivity contribution in [2.45, 2.75) is 13.8 Å². The van der Waals surface area contributed by atoms with Gasteiger partial charge in [0, 0.05) is 0 Å². The van der Waals surface area contributed by atoms with Crippen molar-refractivity contribution in [2.75, 3.05) is 5.33 Å². The number of nitrogens with zero attached hydrogens (tertiary/aromatic N) is 2. The van der Waals surface area contributed by atoms with Crippen molar-refractivity contribution in [3.63, 3.8) is 0 Å². The molecule has 0 atom stereocenters. The summed E-state index contributed by atoms with van der Waals surface area (Å²) < 4.78 is 0. The maximum atomic E-state index is 4.58. The SMILES string of the molecule is CC1=CC=c2ccc3c(c2[N-]1)[N-]C(C)=CC=3.[Br][Pt]([Br])[Br].[CH2-]CBr. The van der Waals surface area contributed by atoms with E-state index in [4.69, 9.17) is 0 Å². The van der Waals surface area contributed by atoms with E-state index in [2.05, 4.69) is 97.7 Å². The fourth-order valence-electron chi connectivity index (χ4n) is 1.96. The van der Waals surface area contributed by atoms with Gasteiger partial charge in [0.1, 0.15) is 0 Å². The summed E-state index contributed by atoms with van der Waals surface area (Å²) in [5.74, 6) is 0. The van der Waals surface area contributed by atoms with Crippen LogP contribution in [0.3, 0.4) is 0 Å². The van der Waals surface area contributed by atoms with Crippen molar-refractivity contribution in [1.29, 1.82) is 0 Å². The van der Waals surface area contributed by atoms with Crippen molar-refractivity contribution in [1.82, 2.24) is 0 Å². The summed E-state index contributed by atoms with van der Waals surface area (Å²) in [6.45, 7) is 7.42. The molecule has 2 aliphatic heterocycles. The molecule has 0 radical (unpaired) electrons. The Kier molecular flexibility index (Phi) is 10.7. The Balaban J connectivity index is 0.000000325. The fourth-order valence-corrected chi connectivity index (χ4v) is 1.96. The van der Waals surface area contributed by atoms with Crippen molar-refractivity contribution in [3.8, 4) is 0 Å². The van der Waals surface area contributed by atoms with Gasteiger partial charge in [0.15, 0.2) is 0 Å². The van der Waals surface area contributed by atoms with Gasteiger partial charge in [0.25, 0.3) is 0 Å². The monoisotopic (exact) mass is 747 g/mol. The Hall–Kier alpha value is 0.648. The minimum Gasteiger partial charge on any atom is -0.333 e. The third kappa shape index (κ3) is 7.60. The molecule has 0 amide bonds. The number of allylic oxidation sites excluding steroid dienone is 4. The van der Waals surface area contributed by atoms with E-state index < -0.39 is 11.1 Å². The van der Waals surface area contributed by atoms with Crippen molar-refractivity contribution in [2.24, 2.45) is 0 Å². The topological polar surface area (TPSA) is 28.2 Å². The Morgan fingerprint density at radius 2 is 1.17 bits per heavy atom. The quantitative estimate of drug-likeness (QED) is 0.205. The maximum absolute atomic E-state index is 4.58. The average Bonchev–Trinajstić information content (AvgIpc) is 2.47. The number of fused-ring (bicyclic) bond motifs is 3. The average molecular weight is 751 g/mol. The Labute approximate surface area is 171 Å². The zero-order chi connectivity index (χ0) is 17.4. The van der Waals surface area contributed by atoms with E-state index in [1.54, 1.807) is 0 Å². The Morgan fingerprint density at radius 3 is 1.48 bits per heavy atom. The van der Waals surface area contributed by atoms with Crippen LogP contribution in [0, 0.1) is 6.92 Å². The predicted molar refractivity (Wildman–Crippen MR) is 114 cm³/mol. The van der Waals surface area contributed by atoms with Crippen LogP contribution in [0.2, 0.25) is 0 Å². The van der Waals surface area contributed by atoms with Gasteiger partial charge in [0.05, 0.1) is 0 Å². The van der Waals surface area contributed by atoms with Crippen molar-refractivity contribution in [3.05, 3.63) is 63.7 Å². The molecule has 0 saturated heterocycles. The van der Waals surface area contributed by atoms with Gasteiger partial charge >= 0.3 is 51.0 Å². The fraction of sp³-hybridized carbons (Fsp3) is 0.188. The maximum Gasteiger partial charge on any atom is -0.124 e. The van der Waals surface area contributed by atoms with E-state index in [-0.39, 0.29) is 0 Å². The molecule has 0 fully saturated rings. The summed E-state index contributed by atoms with van der Waals surface area (Å²) in [7, 11) is 0. The number of benzene rings is 1. The van der Waals surface area contributed by atoms with Gasteiger partial charge in [-0.25, -0.2) is 0 Å². The minimum absolute atomic E-state index is 0.812. The van der Waals surface area contributed by atoms with Crippen LogP contribution in [-0.4, -0.2) is 5.33 Å². The summed E-state index contributed by atoms with van der Waals surface area (Å²) in [6, 6.07) is 4.20. The van der Waals surface area contributed by atoms with Crippen molar-refractivity contribution >= 4 is 79.3 Å². The molecule has 1 aromatic rings. The van der Waals surface area contributed by atoms with E-state index in [0.29, 0.717) is 0 Å². The van der Waals surface area contributed by atoms with E-state index in [1.165, 1.54) is 0 Å². The van der Waals surface area contributed by atoms with Crippen LogP contribution in [0.4, 0.5) is 11.4 Å². The van der Waals surface area contributed by atoms with Gasteiger partial charge in [-0.1, -0.05) is 50.3 Å². The molecule has 0 bridgehead atoms. The van der Waals surface area contributed by atoms with Crippen LogP contribution in [0.25, 0.3) is 22.8 Å². The summed E-state index contributed by atoms with van der Waals surface area (Å²) in [4.78, 5) is 0. The molecule has 0 unspecified atom stereocenters. The molecule has 1 aromatic carbocycles. The molecule has 131 valence electrons. The molecule has 0 spiro atoms. The van der Waals surface area contributed by atoms with Gasteiger partial charge in [-0.2, -0.15) is 11.4 Å². The van der Waals surface area contributed by atoms with Gasteiger partial charge < -0.3 is 17.6 Å². The molecule has 0 aliphatic carbocycles. The first-order valence-corrected chi connectivity index (χ1v) is 22.5. The molecule has 2 heterocycles. The smallest absolute Gasteiger partial charge is 0.124 e. The second-order valence-electron chi connectivity index (χ2n) is 4.44. The molecule has 3 rings (SSSR count). The zero-order valence-electron chi connectivity index (χ0n) is 12.6. The van der Waals surface area contributed by atoms with Gasteiger partial charge in [-0.05, 0) is 10.4 Å². The van der Waals surface area contributed by atoms with Crippen LogP contribution >= 0.6 is 55.8 Å². The predicted octanol–water partition coefficient (Wildman–Crippen LogP) is 6.84. The van der Waals surface area contributed by atoms with Crippen LogP contribution in [0.15, 0.2) is 35.7 Å². The summed E-state index contributed by atoms with van der Waals surface area (Å²) >= 11 is 12.0. The van der Waals surface area contributed by atoms with E-state index in [9.17, 15) is 0 Å². The Bertz CT molecular complexity index is 652. The van der Waals surface area contributed by atoms with Crippen molar-refractivity contribution < 1.29 is 11.1 Å². The molecule has 23 heavy (non-hydrogen) atoms. The van der Waals surface area contributed by atoms with Crippen LogP contribution in [0.5, 0.6) is 0 Å². The second kappa shape index (κ2) is 11.3. The third-order valence-electron chi connectivity index (χ3n) is 2.80. The molecule has 2 aliphatic rings. The van der Waals surface area contributed by atoms with E-state index in [0.717, 1.165) is 38.5 Å². The molecular weight excluding hydrogens is 735 g/mol. The molecule has 2 nitrogen and oxygen atoms in total. The van der Waals surface area contributed by atoms with Crippen LogP contribution < -0.4 is 10.4 Å². The Morgan fingerprint density at radius 1 is 0.870 bits per heavy atom. The first-order chi connectivity index (χ1) is 10.9. The van der Waals surface area contributed by atoms with Gasteiger partial charge in [0.2, 0.25) is 0 Å². The largest absolute Gasteiger partial charge is 0.333 e. The third-order valence-corrected chi connectivity index (χ3v) is 2.80. The van der Waals surface area contributed by atoms with Gasteiger partial charge in [-0.15, -0.1) is 32.6 Å². The van der Waals surface area contributed by atoms with E-state index in [1.807, 2.05) is 26.0 Å². The summed E-state index contributed by atoms with van der Waals surface area (Å²) in [5, 5.41) is 12.3. The van der Waals surface area contributed by atoms with Crippen LogP contribution in [0.1, 0.15) is 13.8 Å².